The molecular weight excluding hydrogens is 664 g/mol. The van der Waals surface area contributed by atoms with Crippen LogP contribution in [-0.2, 0) is 38.4 Å². The van der Waals surface area contributed by atoms with Gasteiger partial charge in [0.25, 0.3) is 0 Å². The van der Waals surface area contributed by atoms with Gasteiger partial charge in [-0.2, -0.15) is 25.3 Å². The van der Waals surface area contributed by atoms with Crippen LogP contribution in [0.25, 0.3) is 0 Å². The topological polar surface area (TPSA) is 191 Å². The highest BCUT2D eigenvalue weighted by Gasteiger charge is 2.11. The number of nitrogens with zero attached hydrogens (tertiary/aromatic N) is 2. The van der Waals surface area contributed by atoms with E-state index < -0.39 is 0 Å². The Kier molecular flexibility index (Phi) is 30.1. The fraction of sp³-hybridized carbons (Fsp3) is 0.667. The Bertz CT molecular complexity index is 874. The molecule has 0 saturated carbocycles. The minimum Gasteiger partial charge on any atom is -0.354 e. The van der Waals surface area contributed by atoms with Gasteiger partial charge in [0.15, 0.2) is 10.2 Å². The Balaban J connectivity index is -0.000000756. The van der Waals surface area contributed by atoms with Crippen molar-refractivity contribution in [1.29, 1.82) is 0 Å². The average molecular weight is 707 g/mol. The second-order valence-electron chi connectivity index (χ2n) is 8.29. The Labute approximate surface area is 278 Å². The molecule has 0 heterocycles. The van der Waals surface area contributed by atoms with E-state index in [1.165, 1.54) is 32.6 Å². The van der Waals surface area contributed by atoms with Crippen LogP contribution in [0.4, 0.5) is 0 Å². The lowest BCUT2D eigenvalue weighted by Crippen LogP contribution is -2.42. The summed E-state index contributed by atoms with van der Waals surface area (Å²) in [5.41, 5.74) is 0. The van der Waals surface area contributed by atoms with Gasteiger partial charge in [-0.3, -0.25) is 38.4 Å². The van der Waals surface area contributed by atoms with Gasteiger partial charge in [0.05, 0.1) is 23.0 Å². The van der Waals surface area contributed by atoms with E-state index in [9.17, 15) is 38.4 Å². The maximum atomic E-state index is 11.5. The summed E-state index contributed by atoms with van der Waals surface area (Å²) in [4.78, 5) is 92.2. The molecule has 0 aliphatic heterocycles. The molecule has 6 amide bonds. The van der Waals surface area contributed by atoms with Gasteiger partial charge < -0.3 is 31.1 Å². The molecule has 0 atom stereocenters. The molecule has 0 rings (SSSR count). The Morgan fingerprint density at radius 3 is 0.977 bits per heavy atom. The second kappa shape index (κ2) is 28.6. The van der Waals surface area contributed by atoms with Crippen molar-refractivity contribution in [3.63, 3.8) is 0 Å². The first kappa shape index (κ1) is 45.3. The molecular formula is C24H43ClN6O8S4. The molecule has 0 aromatic heterocycles. The zero-order valence-electron chi connectivity index (χ0n) is 24.8. The van der Waals surface area contributed by atoms with Gasteiger partial charge in [-0.15, -0.1) is 12.4 Å². The first-order valence-electron chi connectivity index (χ1n) is 12.8. The first-order valence-corrected chi connectivity index (χ1v) is 16.0. The molecule has 0 radical (unpaired) electrons. The molecule has 4 N–H and O–H groups in total. The van der Waals surface area contributed by atoms with Crippen LogP contribution in [0, 0.1) is 0 Å². The molecule has 0 spiro atoms. The smallest absolute Gasteiger partial charge is 0.230 e. The number of nitrogens with one attached hydrogen (secondary N) is 4. The number of thiol groups is 2. The average Bonchev–Trinajstić information content (AvgIpc) is 2.92. The third-order valence-corrected chi connectivity index (χ3v) is 7.01. The highest BCUT2D eigenvalue weighted by molar-refractivity contribution is 8.14. The van der Waals surface area contributed by atoms with Crippen molar-refractivity contribution < 1.29 is 38.4 Å². The number of carbonyl (C=O) groups excluding carboxylic acids is 8. The summed E-state index contributed by atoms with van der Waals surface area (Å²) in [7, 11) is 0. The van der Waals surface area contributed by atoms with Crippen LogP contribution in [0.15, 0.2) is 0 Å². The predicted octanol–water partition coefficient (Wildman–Crippen LogP) is -1.02. The van der Waals surface area contributed by atoms with Crippen LogP contribution in [0.2, 0.25) is 0 Å². The zero-order valence-corrected chi connectivity index (χ0v) is 29.0. The van der Waals surface area contributed by atoms with E-state index >= 15 is 0 Å². The fourth-order valence-electron chi connectivity index (χ4n) is 2.72. The number of hydrogen-bond acceptors (Lipinski definition) is 12. The SMILES string of the molecule is CC(=O)N(CCNC(=O)CS)CCNC(=O)CS.CC(=O)SCC(=O)NCCN(CCNC(=O)CSC(C)=O)C(C)=O.Cl. The normalized spacial score (nSPS) is 9.63. The van der Waals surface area contributed by atoms with Crippen LogP contribution in [0.1, 0.15) is 27.7 Å². The summed E-state index contributed by atoms with van der Waals surface area (Å²) in [5, 5.41) is 10.2. The van der Waals surface area contributed by atoms with E-state index in [-0.39, 0.29) is 94.2 Å². The molecule has 43 heavy (non-hydrogen) atoms. The molecule has 0 aromatic carbocycles. The number of hydrogen-bond donors (Lipinski definition) is 6. The lowest BCUT2D eigenvalue weighted by atomic mass is 10.4. The summed E-state index contributed by atoms with van der Waals surface area (Å²) in [6.45, 7) is 8.35. The highest BCUT2D eigenvalue weighted by atomic mass is 35.5. The highest BCUT2D eigenvalue weighted by Crippen LogP contribution is 2.00. The Morgan fingerprint density at radius 1 is 0.512 bits per heavy atom. The van der Waals surface area contributed by atoms with Crippen LogP contribution in [0.5, 0.6) is 0 Å². The quantitative estimate of drug-likeness (QED) is 0.0962. The van der Waals surface area contributed by atoms with Crippen molar-refractivity contribution in [2.24, 2.45) is 0 Å². The summed E-state index contributed by atoms with van der Waals surface area (Å²) < 4.78 is 0. The third-order valence-electron chi connectivity index (χ3n) is 4.81. The molecule has 19 heteroatoms. The Morgan fingerprint density at radius 2 is 0.767 bits per heavy atom. The van der Waals surface area contributed by atoms with Crippen molar-refractivity contribution in [2.45, 2.75) is 27.7 Å². The zero-order chi connectivity index (χ0) is 32.5. The predicted molar refractivity (Wildman–Crippen MR) is 178 cm³/mol. The fourth-order valence-corrected chi connectivity index (χ4v) is 3.82. The van der Waals surface area contributed by atoms with Crippen molar-refractivity contribution in [1.82, 2.24) is 31.1 Å². The lowest BCUT2D eigenvalue weighted by Gasteiger charge is -2.21. The van der Waals surface area contributed by atoms with Gasteiger partial charge in [0.1, 0.15) is 0 Å². The van der Waals surface area contributed by atoms with E-state index in [4.69, 9.17) is 0 Å². The lowest BCUT2D eigenvalue weighted by molar-refractivity contribution is -0.130. The van der Waals surface area contributed by atoms with Gasteiger partial charge in [-0.05, 0) is 0 Å². The van der Waals surface area contributed by atoms with Crippen LogP contribution in [0.3, 0.4) is 0 Å². The van der Waals surface area contributed by atoms with Crippen molar-refractivity contribution >= 4 is 107 Å². The molecule has 14 nitrogen and oxygen atoms in total. The largest absolute Gasteiger partial charge is 0.354 e. The standard InChI is InChI=1S/C14H23N3O5S2.C10H19N3O3S2.ClH/c1-10(18)17(6-4-15-13(21)8-23-11(2)19)7-5-16-14(22)9-24-12(3)20;1-8(14)13(4-2-11-9(15)6-17)5-3-12-10(16)7-18;/h4-9H2,1-3H3,(H,15,21)(H,16,22);17-18H,2-7H2,1H3,(H,11,15)(H,12,16);1H. The maximum Gasteiger partial charge on any atom is 0.230 e. The summed E-state index contributed by atoms with van der Waals surface area (Å²) in [6.07, 6.45) is 0. The van der Waals surface area contributed by atoms with Crippen LogP contribution >= 0.6 is 61.2 Å². The third kappa shape index (κ3) is 29.7. The molecule has 0 unspecified atom stereocenters. The Hall–Kier alpha value is -2.15. The van der Waals surface area contributed by atoms with E-state index in [0.29, 0.717) is 39.3 Å². The number of rotatable bonds is 18. The maximum absolute atomic E-state index is 11.5. The van der Waals surface area contributed by atoms with E-state index in [2.05, 4.69) is 46.5 Å². The van der Waals surface area contributed by atoms with E-state index in [0.717, 1.165) is 23.5 Å². The number of thioether (sulfide) groups is 2. The van der Waals surface area contributed by atoms with Crippen molar-refractivity contribution in [3.05, 3.63) is 0 Å². The minimum atomic E-state index is -0.270. The summed E-state index contributed by atoms with van der Waals surface area (Å²) in [5.74, 6) is -0.809. The molecule has 248 valence electrons. The van der Waals surface area contributed by atoms with Crippen molar-refractivity contribution in [3.8, 4) is 0 Å². The van der Waals surface area contributed by atoms with E-state index in [1.807, 2.05) is 0 Å². The summed E-state index contributed by atoms with van der Waals surface area (Å²) >= 11 is 9.49. The van der Waals surface area contributed by atoms with Crippen LogP contribution < -0.4 is 21.3 Å². The van der Waals surface area contributed by atoms with Gasteiger partial charge in [0.2, 0.25) is 35.4 Å². The number of carbonyl (C=O) groups is 8. The molecule has 0 aliphatic rings. The minimum absolute atomic E-state index is 0. The first-order chi connectivity index (χ1) is 19.7. The van der Waals surface area contributed by atoms with Gasteiger partial charge in [-0.1, -0.05) is 23.5 Å². The van der Waals surface area contributed by atoms with Gasteiger partial charge in [0, 0.05) is 80.1 Å². The number of halogens is 1. The molecule has 0 fully saturated rings. The monoisotopic (exact) mass is 706 g/mol. The summed E-state index contributed by atoms with van der Waals surface area (Å²) in [6, 6.07) is 0. The molecule has 0 bridgehead atoms. The second-order valence-corrected chi connectivity index (χ2v) is 11.2. The molecule has 0 aromatic rings. The van der Waals surface area contributed by atoms with Gasteiger partial charge in [-0.25, -0.2) is 0 Å². The van der Waals surface area contributed by atoms with Crippen molar-refractivity contribution in [2.75, 3.05) is 75.4 Å². The van der Waals surface area contributed by atoms with E-state index in [1.54, 1.807) is 4.90 Å². The molecule has 0 saturated heterocycles. The van der Waals surface area contributed by atoms with Gasteiger partial charge >= 0.3 is 0 Å². The molecule has 0 aliphatic carbocycles. The van der Waals surface area contributed by atoms with Crippen LogP contribution in [-0.4, -0.2) is 131 Å². The number of amides is 6.